The van der Waals surface area contributed by atoms with Gasteiger partial charge in [-0.25, -0.2) is 0 Å². The molecule has 0 bridgehead atoms. The van der Waals surface area contributed by atoms with E-state index in [9.17, 15) is 5.11 Å². The van der Waals surface area contributed by atoms with Gasteiger partial charge in [-0.15, -0.1) is 0 Å². The van der Waals surface area contributed by atoms with Crippen LogP contribution in [0.2, 0.25) is 0 Å². The minimum atomic E-state index is -0.213. The van der Waals surface area contributed by atoms with Crippen molar-refractivity contribution >= 4 is 23.0 Å². The molecule has 0 heterocycles. The number of anilines is 1. The molecule has 0 amide bonds. The molecule has 4 heteroatoms. The van der Waals surface area contributed by atoms with Gasteiger partial charge in [0.2, 0.25) is 0 Å². The highest BCUT2D eigenvalue weighted by Crippen LogP contribution is 2.28. The molecule has 2 rings (SSSR count). The smallest absolute Gasteiger partial charge is 0.170 e. The number of aliphatic hydroxyl groups is 1. The molecule has 0 saturated heterocycles. The lowest BCUT2D eigenvalue weighted by molar-refractivity contribution is 0.195. The molecule has 0 radical (unpaired) electrons. The second-order valence-corrected chi connectivity index (χ2v) is 6.84. The van der Waals surface area contributed by atoms with Crippen LogP contribution in [-0.2, 0) is 5.41 Å². The summed E-state index contributed by atoms with van der Waals surface area (Å²) in [5.74, 6) is 0. The molecule has 1 atom stereocenters. The summed E-state index contributed by atoms with van der Waals surface area (Å²) < 4.78 is 0. The van der Waals surface area contributed by atoms with E-state index in [0.717, 1.165) is 25.1 Å². The maximum Gasteiger partial charge on any atom is 0.170 e. The Balaban J connectivity index is 1.77. The molecule has 0 aliphatic rings. The lowest BCUT2D eigenvalue weighted by atomic mass is 9.79. The Hall–Kier alpha value is -1.91. The van der Waals surface area contributed by atoms with E-state index in [1.54, 1.807) is 0 Å². The number of nitrogens with one attached hydrogen (secondary N) is 2. The van der Waals surface area contributed by atoms with Crippen molar-refractivity contribution in [3.05, 3.63) is 65.7 Å². The van der Waals surface area contributed by atoms with Crippen molar-refractivity contribution in [3.63, 3.8) is 0 Å². The van der Waals surface area contributed by atoms with Gasteiger partial charge in [-0.3, -0.25) is 0 Å². The number of benzene rings is 2. The van der Waals surface area contributed by atoms with Crippen LogP contribution in [-0.4, -0.2) is 23.4 Å². The Bertz CT molecular complexity index is 642. The molecule has 2 aromatic carbocycles. The van der Waals surface area contributed by atoms with Gasteiger partial charge in [0.15, 0.2) is 5.11 Å². The number of hydrogen-bond donors (Lipinski definition) is 3. The Morgan fingerprint density at radius 3 is 2.38 bits per heavy atom. The zero-order valence-corrected chi connectivity index (χ0v) is 15.2. The van der Waals surface area contributed by atoms with Crippen LogP contribution in [0.4, 0.5) is 5.69 Å². The molecule has 3 N–H and O–H groups in total. The van der Waals surface area contributed by atoms with E-state index in [-0.39, 0.29) is 12.0 Å². The van der Waals surface area contributed by atoms with E-state index in [2.05, 4.69) is 48.7 Å². The Morgan fingerprint density at radius 2 is 1.75 bits per heavy atom. The van der Waals surface area contributed by atoms with Gasteiger partial charge in [0.05, 0.1) is 6.61 Å². The first-order chi connectivity index (χ1) is 11.5. The number of thiocarbonyl (C=S) groups is 1. The predicted octanol–water partition coefficient (Wildman–Crippen LogP) is 4.01. The van der Waals surface area contributed by atoms with Gasteiger partial charge in [-0.1, -0.05) is 55.0 Å². The lowest BCUT2D eigenvalue weighted by Crippen LogP contribution is -2.32. The fraction of sp³-hybridized carbons (Fsp3) is 0.350. The zero-order chi connectivity index (χ0) is 17.4. The van der Waals surface area contributed by atoms with Crippen molar-refractivity contribution in [2.45, 2.75) is 32.1 Å². The third kappa shape index (κ3) is 5.32. The second kappa shape index (κ2) is 8.81. The summed E-state index contributed by atoms with van der Waals surface area (Å²) in [4.78, 5) is 0. The molecule has 1 unspecified atom stereocenters. The Morgan fingerprint density at radius 1 is 1.08 bits per heavy atom. The largest absolute Gasteiger partial charge is 0.395 e. The Labute approximate surface area is 150 Å². The molecule has 0 saturated carbocycles. The van der Waals surface area contributed by atoms with Crippen LogP contribution in [0.3, 0.4) is 0 Å². The number of aryl methyl sites for hydroxylation is 1. The monoisotopic (exact) mass is 342 g/mol. The topological polar surface area (TPSA) is 44.3 Å². The van der Waals surface area contributed by atoms with Gasteiger partial charge in [0, 0.05) is 17.6 Å². The maximum absolute atomic E-state index is 9.81. The third-order valence-corrected chi connectivity index (χ3v) is 4.57. The average molecular weight is 343 g/mol. The first-order valence-electron chi connectivity index (χ1n) is 8.31. The molecule has 2 aromatic rings. The van der Waals surface area contributed by atoms with Gasteiger partial charge < -0.3 is 15.7 Å². The van der Waals surface area contributed by atoms with Crippen molar-refractivity contribution in [3.8, 4) is 0 Å². The van der Waals surface area contributed by atoms with Gasteiger partial charge in [0.1, 0.15) is 0 Å². The summed E-state index contributed by atoms with van der Waals surface area (Å²) in [6, 6.07) is 18.3. The molecule has 0 aliphatic carbocycles. The van der Waals surface area contributed by atoms with Crippen LogP contribution < -0.4 is 10.6 Å². The normalized spacial score (nSPS) is 13.1. The third-order valence-electron chi connectivity index (χ3n) is 4.32. The zero-order valence-electron chi connectivity index (χ0n) is 14.4. The summed E-state index contributed by atoms with van der Waals surface area (Å²) in [5.41, 5.74) is 3.17. The first-order valence-corrected chi connectivity index (χ1v) is 8.72. The molecule has 3 nitrogen and oxygen atoms in total. The number of hydrogen-bond acceptors (Lipinski definition) is 2. The van der Waals surface area contributed by atoms with Crippen molar-refractivity contribution < 1.29 is 5.11 Å². The lowest BCUT2D eigenvalue weighted by Gasteiger charge is -2.28. The van der Waals surface area contributed by atoms with E-state index < -0.39 is 0 Å². The summed E-state index contributed by atoms with van der Waals surface area (Å²) in [7, 11) is 0. The van der Waals surface area contributed by atoms with Crippen molar-refractivity contribution in [1.82, 2.24) is 5.32 Å². The molecular formula is C20H26N2OS. The van der Waals surface area contributed by atoms with Crippen LogP contribution in [0.25, 0.3) is 0 Å². The van der Waals surface area contributed by atoms with Crippen molar-refractivity contribution in [2.75, 3.05) is 18.5 Å². The summed E-state index contributed by atoms with van der Waals surface area (Å²) in [6.07, 6.45) is 1.83. The highest BCUT2D eigenvalue weighted by Gasteiger charge is 2.24. The van der Waals surface area contributed by atoms with E-state index in [1.165, 1.54) is 11.1 Å². The van der Waals surface area contributed by atoms with E-state index in [1.807, 2.05) is 30.3 Å². The van der Waals surface area contributed by atoms with E-state index in [0.29, 0.717) is 5.11 Å². The highest BCUT2D eigenvalue weighted by molar-refractivity contribution is 7.80. The maximum atomic E-state index is 9.81. The fourth-order valence-electron chi connectivity index (χ4n) is 2.65. The first kappa shape index (κ1) is 18.4. The molecule has 24 heavy (non-hydrogen) atoms. The highest BCUT2D eigenvalue weighted by atomic mass is 32.1. The standard InChI is InChI=1S/C20H26N2OS/c1-16-9-11-18(12-10-16)22-19(24)21-14-6-13-20(2,15-23)17-7-4-3-5-8-17/h3-5,7-12,23H,6,13-15H2,1-2H3,(H2,21,22,24). The van der Waals surface area contributed by atoms with Gasteiger partial charge in [-0.2, -0.15) is 0 Å². The van der Waals surface area contributed by atoms with Crippen molar-refractivity contribution in [2.24, 2.45) is 0 Å². The predicted molar refractivity (Wildman–Crippen MR) is 106 cm³/mol. The van der Waals surface area contributed by atoms with Gasteiger partial charge in [-0.05, 0) is 49.7 Å². The van der Waals surface area contributed by atoms with Crippen LogP contribution in [0.15, 0.2) is 54.6 Å². The molecular weight excluding hydrogens is 316 g/mol. The van der Waals surface area contributed by atoms with Crippen LogP contribution in [0.5, 0.6) is 0 Å². The SMILES string of the molecule is Cc1ccc(NC(=S)NCCCC(C)(CO)c2ccccc2)cc1. The second-order valence-electron chi connectivity index (χ2n) is 6.44. The van der Waals surface area contributed by atoms with E-state index in [4.69, 9.17) is 12.2 Å². The summed E-state index contributed by atoms with van der Waals surface area (Å²) in [6.45, 7) is 5.08. The van der Waals surface area contributed by atoms with Crippen molar-refractivity contribution in [1.29, 1.82) is 0 Å². The van der Waals surface area contributed by atoms with Crippen LogP contribution >= 0.6 is 12.2 Å². The minimum absolute atomic E-state index is 0.142. The summed E-state index contributed by atoms with van der Waals surface area (Å²) in [5, 5.41) is 16.9. The molecule has 0 aromatic heterocycles. The molecule has 0 spiro atoms. The molecule has 0 aliphatic heterocycles. The quantitative estimate of drug-likeness (QED) is 0.525. The summed E-state index contributed by atoms with van der Waals surface area (Å²) >= 11 is 5.33. The number of aliphatic hydroxyl groups excluding tert-OH is 1. The fourth-order valence-corrected chi connectivity index (χ4v) is 2.87. The molecule has 0 fully saturated rings. The van der Waals surface area contributed by atoms with Gasteiger partial charge in [0.25, 0.3) is 0 Å². The van der Waals surface area contributed by atoms with Crippen LogP contribution in [0.1, 0.15) is 30.9 Å². The minimum Gasteiger partial charge on any atom is -0.395 e. The van der Waals surface area contributed by atoms with E-state index >= 15 is 0 Å². The van der Waals surface area contributed by atoms with Crippen LogP contribution in [0, 0.1) is 6.92 Å². The average Bonchev–Trinajstić information content (AvgIpc) is 2.61. The number of rotatable bonds is 7. The Kier molecular flexibility index (Phi) is 6.76. The van der Waals surface area contributed by atoms with Gasteiger partial charge >= 0.3 is 0 Å². The molecule has 128 valence electrons.